The number of aryl methyl sites for hydroxylation is 1. The summed E-state index contributed by atoms with van der Waals surface area (Å²) in [6.45, 7) is 7.84. The molecule has 5 heteroatoms. The van der Waals surface area contributed by atoms with Crippen molar-refractivity contribution in [2.45, 2.75) is 26.3 Å². The Bertz CT molecular complexity index is 584. The van der Waals surface area contributed by atoms with Crippen LogP contribution in [-0.2, 0) is 0 Å². The zero-order valence-corrected chi connectivity index (χ0v) is 12.7. The van der Waals surface area contributed by atoms with E-state index in [0.717, 1.165) is 0 Å². The summed E-state index contributed by atoms with van der Waals surface area (Å²) in [6, 6.07) is 6.85. The lowest BCUT2D eigenvalue weighted by molar-refractivity contribution is 0.0520. The van der Waals surface area contributed by atoms with E-state index in [1.807, 2.05) is 13.8 Å². The topological polar surface area (TPSA) is 47.3 Å². The molecule has 1 aromatic carbocycles. The van der Waals surface area contributed by atoms with Crippen LogP contribution in [0.1, 0.15) is 29.8 Å². The SMILES string of the molecule is Cc1ccc(C(=O)N2CCN(C(C)(C)C#N)CC2)cc1F. The van der Waals surface area contributed by atoms with Crippen LogP contribution in [0.5, 0.6) is 0 Å². The van der Waals surface area contributed by atoms with Gasteiger partial charge in [-0.15, -0.1) is 0 Å². The molecule has 0 bridgehead atoms. The fourth-order valence-corrected chi connectivity index (χ4v) is 2.45. The number of rotatable bonds is 2. The Morgan fingerprint density at radius 1 is 1.29 bits per heavy atom. The smallest absolute Gasteiger partial charge is 0.254 e. The van der Waals surface area contributed by atoms with Crippen LogP contribution >= 0.6 is 0 Å². The molecule has 0 saturated carbocycles. The minimum atomic E-state index is -0.523. The van der Waals surface area contributed by atoms with Crippen LogP contribution in [0.2, 0.25) is 0 Å². The first-order chi connectivity index (χ1) is 9.85. The number of carbonyl (C=O) groups is 1. The molecule has 1 aliphatic heterocycles. The van der Waals surface area contributed by atoms with Crippen LogP contribution < -0.4 is 0 Å². The van der Waals surface area contributed by atoms with Gasteiger partial charge in [0, 0.05) is 31.7 Å². The Hall–Kier alpha value is -1.93. The molecule has 0 unspecified atom stereocenters. The maximum Gasteiger partial charge on any atom is 0.254 e. The fourth-order valence-electron chi connectivity index (χ4n) is 2.45. The molecule has 0 radical (unpaired) electrons. The highest BCUT2D eigenvalue weighted by Gasteiger charge is 2.31. The summed E-state index contributed by atoms with van der Waals surface area (Å²) in [6.07, 6.45) is 0. The molecule has 21 heavy (non-hydrogen) atoms. The summed E-state index contributed by atoms with van der Waals surface area (Å²) in [5.41, 5.74) is 0.392. The molecule has 0 atom stereocenters. The first-order valence-corrected chi connectivity index (χ1v) is 7.07. The van der Waals surface area contributed by atoms with Crippen molar-refractivity contribution in [1.82, 2.24) is 9.80 Å². The van der Waals surface area contributed by atoms with Gasteiger partial charge in [0.15, 0.2) is 0 Å². The van der Waals surface area contributed by atoms with Gasteiger partial charge in [0.05, 0.1) is 6.07 Å². The second-order valence-corrected chi connectivity index (χ2v) is 5.91. The van der Waals surface area contributed by atoms with Crippen molar-refractivity contribution in [2.24, 2.45) is 0 Å². The number of hydrogen-bond donors (Lipinski definition) is 0. The van der Waals surface area contributed by atoms with Crippen molar-refractivity contribution in [3.05, 3.63) is 35.1 Å². The van der Waals surface area contributed by atoms with Crippen molar-refractivity contribution < 1.29 is 9.18 Å². The number of amides is 1. The molecule has 112 valence electrons. The summed E-state index contributed by atoms with van der Waals surface area (Å²) < 4.78 is 13.6. The normalized spacial score (nSPS) is 16.6. The van der Waals surface area contributed by atoms with E-state index in [4.69, 9.17) is 5.26 Å². The molecular weight excluding hydrogens is 269 g/mol. The maximum atomic E-state index is 13.6. The highest BCUT2D eigenvalue weighted by Crippen LogP contribution is 2.18. The average Bonchev–Trinajstić information content (AvgIpc) is 2.49. The standard InChI is InChI=1S/C16H20FN3O/c1-12-4-5-13(10-14(12)17)15(21)19-6-8-20(9-7-19)16(2,3)11-18/h4-5,10H,6-9H2,1-3H3. The van der Waals surface area contributed by atoms with E-state index in [1.165, 1.54) is 6.07 Å². The molecule has 0 N–H and O–H groups in total. The van der Waals surface area contributed by atoms with E-state index in [2.05, 4.69) is 11.0 Å². The van der Waals surface area contributed by atoms with Crippen LogP contribution in [0.25, 0.3) is 0 Å². The molecule has 0 aromatic heterocycles. The Morgan fingerprint density at radius 3 is 2.43 bits per heavy atom. The lowest BCUT2D eigenvalue weighted by Crippen LogP contribution is -2.55. The second kappa shape index (κ2) is 5.82. The Balaban J connectivity index is 2.04. The minimum absolute atomic E-state index is 0.150. The van der Waals surface area contributed by atoms with Crippen LogP contribution in [-0.4, -0.2) is 47.4 Å². The van der Waals surface area contributed by atoms with Crippen molar-refractivity contribution in [2.75, 3.05) is 26.2 Å². The van der Waals surface area contributed by atoms with E-state index in [-0.39, 0.29) is 11.7 Å². The highest BCUT2D eigenvalue weighted by molar-refractivity contribution is 5.94. The number of nitriles is 1. The Labute approximate surface area is 124 Å². The zero-order chi connectivity index (χ0) is 15.6. The highest BCUT2D eigenvalue weighted by atomic mass is 19.1. The van der Waals surface area contributed by atoms with Crippen LogP contribution in [0, 0.1) is 24.1 Å². The molecule has 1 fully saturated rings. The quantitative estimate of drug-likeness (QED) is 0.838. The molecule has 1 amide bonds. The number of halogens is 1. The lowest BCUT2D eigenvalue weighted by atomic mass is 10.0. The molecular formula is C16H20FN3O. The maximum absolute atomic E-state index is 13.6. The molecule has 2 rings (SSSR count). The molecule has 0 aliphatic carbocycles. The number of piperazine rings is 1. The van der Waals surface area contributed by atoms with E-state index >= 15 is 0 Å². The van der Waals surface area contributed by atoms with E-state index in [0.29, 0.717) is 37.3 Å². The summed E-state index contributed by atoms with van der Waals surface area (Å²) >= 11 is 0. The summed E-state index contributed by atoms with van der Waals surface area (Å²) in [5.74, 6) is -0.506. The van der Waals surface area contributed by atoms with Crippen LogP contribution in [0.4, 0.5) is 4.39 Å². The van der Waals surface area contributed by atoms with Crippen LogP contribution in [0.15, 0.2) is 18.2 Å². The van der Waals surface area contributed by atoms with Gasteiger partial charge in [-0.05, 0) is 38.5 Å². The van der Waals surface area contributed by atoms with Gasteiger partial charge in [-0.3, -0.25) is 9.69 Å². The van der Waals surface area contributed by atoms with Gasteiger partial charge in [-0.2, -0.15) is 5.26 Å². The minimum Gasteiger partial charge on any atom is -0.336 e. The predicted octanol–water partition coefficient (Wildman–Crippen LogP) is 2.19. The monoisotopic (exact) mass is 289 g/mol. The summed E-state index contributed by atoms with van der Waals surface area (Å²) in [4.78, 5) is 16.1. The van der Waals surface area contributed by atoms with E-state index in [9.17, 15) is 9.18 Å². The molecule has 4 nitrogen and oxygen atoms in total. The number of hydrogen-bond acceptors (Lipinski definition) is 3. The Kier molecular flexibility index (Phi) is 4.29. The second-order valence-electron chi connectivity index (χ2n) is 5.91. The van der Waals surface area contributed by atoms with Crippen molar-refractivity contribution in [3.63, 3.8) is 0 Å². The lowest BCUT2D eigenvalue weighted by Gasteiger charge is -2.40. The van der Waals surface area contributed by atoms with E-state index < -0.39 is 5.54 Å². The number of nitrogens with zero attached hydrogens (tertiary/aromatic N) is 3. The third-order valence-electron chi connectivity index (χ3n) is 4.05. The zero-order valence-electron chi connectivity index (χ0n) is 12.7. The van der Waals surface area contributed by atoms with Gasteiger partial charge in [-0.25, -0.2) is 4.39 Å². The average molecular weight is 289 g/mol. The van der Waals surface area contributed by atoms with Gasteiger partial charge in [0.2, 0.25) is 0 Å². The largest absolute Gasteiger partial charge is 0.336 e. The number of carbonyl (C=O) groups excluding carboxylic acids is 1. The van der Waals surface area contributed by atoms with Crippen molar-refractivity contribution in [1.29, 1.82) is 5.26 Å². The molecule has 1 aliphatic rings. The van der Waals surface area contributed by atoms with Gasteiger partial charge in [0.25, 0.3) is 5.91 Å². The van der Waals surface area contributed by atoms with Gasteiger partial charge < -0.3 is 4.90 Å². The first kappa shape index (κ1) is 15.5. The Morgan fingerprint density at radius 2 is 1.90 bits per heavy atom. The first-order valence-electron chi connectivity index (χ1n) is 7.07. The van der Waals surface area contributed by atoms with Gasteiger partial charge in [0.1, 0.15) is 11.4 Å². The van der Waals surface area contributed by atoms with Crippen LogP contribution in [0.3, 0.4) is 0 Å². The van der Waals surface area contributed by atoms with Gasteiger partial charge in [-0.1, -0.05) is 6.07 Å². The summed E-state index contributed by atoms with van der Waals surface area (Å²) in [7, 11) is 0. The van der Waals surface area contributed by atoms with E-state index in [1.54, 1.807) is 24.0 Å². The van der Waals surface area contributed by atoms with Crippen molar-refractivity contribution in [3.8, 4) is 6.07 Å². The third-order valence-corrected chi connectivity index (χ3v) is 4.05. The molecule has 0 spiro atoms. The predicted molar refractivity (Wildman–Crippen MR) is 78.3 cm³/mol. The molecule has 1 saturated heterocycles. The molecule has 1 aromatic rings. The summed E-state index contributed by atoms with van der Waals surface area (Å²) in [5, 5.41) is 9.14. The number of benzene rings is 1. The molecule has 1 heterocycles. The fraction of sp³-hybridized carbons (Fsp3) is 0.500. The van der Waals surface area contributed by atoms with Gasteiger partial charge >= 0.3 is 0 Å². The van der Waals surface area contributed by atoms with Crippen molar-refractivity contribution >= 4 is 5.91 Å². The third kappa shape index (κ3) is 3.22.